The molecule has 1 aromatic heterocycles. The van der Waals surface area contributed by atoms with Crippen molar-refractivity contribution in [3.63, 3.8) is 0 Å². The summed E-state index contributed by atoms with van der Waals surface area (Å²) in [6.07, 6.45) is 4.57. The summed E-state index contributed by atoms with van der Waals surface area (Å²) in [5, 5.41) is 2.87. The Hall–Kier alpha value is -2.56. The molecule has 0 aliphatic carbocycles. The van der Waals surface area contributed by atoms with Gasteiger partial charge in [-0.1, -0.05) is 6.07 Å². The molecule has 0 aliphatic heterocycles. The second-order valence-electron chi connectivity index (χ2n) is 5.00. The van der Waals surface area contributed by atoms with E-state index in [0.717, 1.165) is 11.3 Å². The van der Waals surface area contributed by atoms with Crippen LogP contribution in [0.5, 0.6) is 0 Å². The number of carbonyl (C=O) groups excluding carboxylic acids is 1. The third-order valence-corrected chi connectivity index (χ3v) is 3.22. The van der Waals surface area contributed by atoms with Crippen LogP contribution >= 0.6 is 0 Å². The van der Waals surface area contributed by atoms with Crippen LogP contribution in [0.25, 0.3) is 0 Å². The molecule has 0 saturated carbocycles. The van der Waals surface area contributed by atoms with Crippen molar-refractivity contribution in [1.29, 1.82) is 0 Å². The molecule has 0 spiro atoms. The Balaban J connectivity index is 1.83. The molecule has 0 unspecified atom stereocenters. The molecule has 5 nitrogen and oxygen atoms in total. The predicted octanol–water partition coefficient (Wildman–Crippen LogP) is 2.16. The van der Waals surface area contributed by atoms with Gasteiger partial charge in [0.25, 0.3) is 0 Å². The topological polar surface area (TPSA) is 77.1 Å². The van der Waals surface area contributed by atoms with E-state index in [1.54, 1.807) is 24.5 Å². The first kappa shape index (κ1) is 14.8. The van der Waals surface area contributed by atoms with Crippen molar-refractivity contribution >= 4 is 17.3 Å². The van der Waals surface area contributed by atoms with Gasteiger partial charge in [-0.15, -0.1) is 0 Å². The van der Waals surface area contributed by atoms with Crippen molar-refractivity contribution in [3.8, 4) is 0 Å². The summed E-state index contributed by atoms with van der Waals surface area (Å²) in [7, 11) is 0. The fourth-order valence-electron chi connectivity index (χ4n) is 2.00. The number of nitrogens with one attached hydrogen (secondary N) is 1. The SMILES string of the molecule is Cc1ccc(N)cc1NC(=O)CCCn1ccc(=O)cc1. The standard InChI is InChI=1S/C16H19N3O2/c1-12-4-5-13(17)11-15(12)18-16(21)3-2-8-19-9-6-14(20)7-10-19/h4-7,9-11H,2-3,8,17H2,1H3,(H,18,21). The van der Waals surface area contributed by atoms with Crippen molar-refractivity contribution in [2.45, 2.75) is 26.3 Å². The number of aryl methyl sites for hydroxylation is 2. The molecule has 21 heavy (non-hydrogen) atoms. The molecule has 0 aliphatic rings. The van der Waals surface area contributed by atoms with E-state index in [-0.39, 0.29) is 11.3 Å². The second-order valence-corrected chi connectivity index (χ2v) is 5.00. The van der Waals surface area contributed by atoms with Gasteiger partial charge in [0.15, 0.2) is 5.43 Å². The van der Waals surface area contributed by atoms with Crippen LogP contribution in [0, 0.1) is 6.92 Å². The Morgan fingerprint density at radius 3 is 2.67 bits per heavy atom. The lowest BCUT2D eigenvalue weighted by Gasteiger charge is -2.10. The van der Waals surface area contributed by atoms with Crippen LogP contribution in [0.2, 0.25) is 0 Å². The zero-order valence-corrected chi connectivity index (χ0v) is 12.0. The lowest BCUT2D eigenvalue weighted by molar-refractivity contribution is -0.116. The summed E-state index contributed by atoms with van der Waals surface area (Å²) in [5.74, 6) is -0.0373. The maximum Gasteiger partial charge on any atom is 0.224 e. The number of carbonyl (C=O) groups is 1. The van der Waals surface area contributed by atoms with Gasteiger partial charge in [-0.3, -0.25) is 9.59 Å². The fraction of sp³-hybridized carbons (Fsp3) is 0.250. The summed E-state index contributed by atoms with van der Waals surface area (Å²) >= 11 is 0. The molecule has 1 heterocycles. The molecule has 0 saturated heterocycles. The largest absolute Gasteiger partial charge is 0.399 e. The van der Waals surface area contributed by atoms with Gasteiger partial charge in [-0.2, -0.15) is 0 Å². The van der Waals surface area contributed by atoms with Crippen LogP contribution in [-0.2, 0) is 11.3 Å². The molecule has 2 rings (SSSR count). The number of pyridine rings is 1. The summed E-state index contributed by atoms with van der Waals surface area (Å²) in [6, 6.07) is 8.47. The first-order valence-corrected chi connectivity index (χ1v) is 6.87. The highest BCUT2D eigenvalue weighted by Crippen LogP contribution is 2.18. The van der Waals surface area contributed by atoms with Gasteiger partial charge in [0.05, 0.1) is 0 Å². The van der Waals surface area contributed by atoms with Crippen molar-refractivity contribution in [2.75, 3.05) is 11.1 Å². The number of nitrogen functional groups attached to an aromatic ring is 1. The first-order chi connectivity index (χ1) is 10.0. The van der Waals surface area contributed by atoms with Crippen molar-refractivity contribution in [1.82, 2.24) is 4.57 Å². The molecular formula is C16H19N3O2. The van der Waals surface area contributed by atoms with E-state index in [2.05, 4.69) is 5.32 Å². The van der Waals surface area contributed by atoms with E-state index in [9.17, 15) is 9.59 Å². The predicted molar refractivity (Wildman–Crippen MR) is 84.2 cm³/mol. The van der Waals surface area contributed by atoms with Crippen LogP contribution in [0.15, 0.2) is 47.5 Å². The van der Waals surface area contributed by atoms with E-state index in [1.807, 2.05) is 17.6 Å². The molecule has 3 N–H and O–H groups in total. The van der Waals surface area contributed by atoms with Gasteiger partial charge >= 0.3 is 0 Å². The average Bonchev–Trinajstić information content (AvgIpc) is 2.45. The normalized spacial score (nSPS) is 10.3. The molecule has 1 aromatic carbocycles. The monoisotopic (exact) mass is 285 g/mol. The molecule has 2 aromatic rings. The highest BCUT2D eigenvalue weighted by Gasteiger charge is 2.05. The van der Waals surface area contributed by atoms with E-state index in [1.165, 1.54) is 12.1 Å². The average molecular weight is 285 g/mol. The van der Waals surface area contributed by atoms with Gasteiger partial charge in [-0.25, -0.2) is 0 Å². The van der Waals surface area contributed by atoms with Crippen molar-refractivity contribution in [2.24, 2.45) is 0 Å². The van der Waals surface area contributed by atoms with Crippen LogP contribution in [0.4, 0.5) is 11.4 Å². The van der Waals surface area contributed by atoms with Gasteiger partial charge in [0, 0.05) is 48.9 Å². The molecule has 0 atom stereocenters. The highest BCUT2D eigenvalue weighted by molar-refractivity contribution is 5.91. The second kappa shape index (κ2) is 6.74. The number of benzene rings is 1. The van der Waals surface area contributed by atoms with Crippen LogP contribution in [-0.4, -0.2) is 10.5 Å². The fourth-order valence-corrected chi connectivity index (χ4v) is 2.00. The smallest absolute Gasteiger partial charge is 0.224 e. The lowest BCUT2D eigenvalue weighted by Crippen LogP contribution is -2.13. The third-order valence-electron chi connectivity index (χ3n) is 3.22. The zero-order chi connectivity index (χ0) is 15.2. The van der Waals surface area contributed by atoms with E-state index in [0.29, 0.717) is 25.1 Å². The van der Waals surface area contributed by atoms with E-state index >= 15 is 0 Å². The number of anilines is 2. The number of hydrogen-bond donors (Lipinski definition) is 2. The maximum absolute atomic E-state index is 11.9. The number of amides is 1. The first-order valence-electron chi connectivity index (χ1n) is 6.87. The minimum absolute atomic E-state index is 0.0128. The molecule has 5 heteroatoms. The van der Waals surface area contributed by atoms with Crippen LogP contribution in [0.3, 0.4) is 0 Å². The quantitative estimate of drug-likeness (QED) is 0.826. The minimum atomic E-state index is -0.0373. The van der Waals surface area contributed by atoms with Crippen LogP contribution < -0.4 is 16.5 Å². The third kappa shape index (κ3) is 4.49. The number of hydrogen-bond acceptors (Lipinski definition) is 3. The van der Waals surface area contributed by atoms with Gasteiger partial charge in [0.1, 0.15) is 0 Å². The van der Waals surface area contributed by atoms with Crippen molar-refractivity contribution in [3.05, 3.63) is 58.5 Å². The Kier molecular flexibility index (Phi) is 4.77. The number of nitrogens with zero attached hydrogens (tertiary/aromatic N) is 1. The molecule has 0 bridgehead atoms. The molecule has 0 radical (unpaired) electrons. The summed E-state index contributed by atoms with van der Waals surface area (Å²) in [5.41, 5.74) is 8.06. The lowest BCUT2D eigenvalue weighted by atomic mass is 10.1. The summed E-state index contributed by atoms with van der Waals surface area (Å²) < 4.78 is 1.89. The Bertz CT molecular complexity index is 672. The van der Waals surface area contributed by atoms with Gasteiger partial charge < -0.3 is 15.6 Å². The maximum atomic E-state index is 11.9. The minimum Gasteiger partial charge on any atom is -0.399 e. The Morgan fingerprint density at radius 2 is 1.95 bits per heavy atom. The van der Waals surface area contributed by atoms with Crippen molar-refractivity contribution < 1.29 is 4.79 Å². The Morgan fingerprint density at radius 1 is 1.24 bits per heavy atom. The molecule has 0 fully saturated rings. The van der Waals surface area contributed by atoms with E-state index < -0.39 is 0 Å². The van der Waals surface area contributed by atoms with Gasteiger partial charge in [0.2, 0.25) is 5.91 Å². The van der Waals surface area contributed by atoms with Gasteiger partial charge in [-0.05, 0) is 31.0 Å². The highest BCUT2D eigenvalue weighted by atomic mass is 16.1. The number of nitrogens with two attached hydrogens (primary N) is 1. The summed E-state index contributed by atoms with van der Waals surface area (Å²) in [4.78, 5) is 22.9. The molecular weight excluding hydrogens is 266 g/mol. The zero-order valence-electron chi connectivity index (χ0n) is 12.0. The number of rotatable bonds is 5. The molecule has 1 amide bonds. The van der Waals surface area contributed by atoms with Crippen LogP contribution in [0.1, 0.15) is 18.4 Å². The van der Waals surface area contributed by atoms with E-state index in [4.69, 9.17) is 5.73 Å². The number of aromatic nitrogens is 1. The Labute approximate surface area is 123 Å². The summed E-state index contributed by atoms with van der Waals surface area (Å²) in [6.45, 7) is 2.62. The molecule has 110 valence electrons.